The van der Waals surface area contributed by atoms with Crippen LogP contribution in [0.1, 0.15) is 21.8 Å². The lowest BCUT2D eigenvalue weighted by Crippen LogP contribution is -2.23. The molecule has 3 aromatic rings. The van der Waals surface area contributed by atoms with Crippen molar-refractivity contribution in [2.24, 2.45) is 0 Å². The minimum Gasteiger partial charge on any atom is -0.496 e. The summed E-state index contributed by atoms with van der Waals surface area (Å²) in [6.07, 6.45) is 3.18. The van der Waals surface area contributed by atoms with Gasteiger partial charge in [-0.25, -0.2) is 0 Å². The average molecular weight is 337 g/mol. The summed E-state index contributed by atoms with van der Waals surface area (Å²) in [5.41, 5.74) is 2.19. The van der Waals surface area contributed by atoms with E-state index >= 15 is 0 Å². The van der Waals surface area contributed by atoms with Crippen LogP contribution in [-0.4, -0.2) is 18.0 Å². The van der Waals surface area contributed by atoms with Gasteiger partial charge in [0, 0.05) is 24.0 Å². The zero-order valence-electron chi connectivity index (χ0n) is 13.9. The quantitative estimate of drug-likeness (QED) is 0.692. The van der Waals surface area contributed by atoms with Crippen molar-refractivity contribution in [2.75, 3.05) is 12.4 Å². The number of furan rings is 1. The number of hydrogen-bond donors (Lipinski definition) is 2. The van der Waals surface area contributed by atoms with Crippen LogP contribution in [0.5, 0.6) is 5.75 Å². The van der Waals surface area contributed by atoms with Gasteiger partial charge in [0.15, 0.2) is 0 Å². The Morgan fingerprint density at radius 1 is 1.16 bits per heavy atom. The maximum Gasteiger partial charge on any atom is 0.270 e. The molecule has 0 spiro atoms. The molecule has 0 aliphatic carbocycles. The highest BCUT2D eigenvalue weighted by molar-refractivity contribution is 5.93. The first-order valence-electron chi connectivity index (χ1n) is 7.88. The molecule has 1 amide bonds. The van der Waals surface area contributed by atoms with Crippen LogP contribution in [0.25, 0.3) is 0 Å². The number of pyridine rings is 1. The van der Waals surface area contributed by atoms with Crippen molar-refractivity contribution in [3.63, 3.8) is 0 Å². The van der Waals surface area contributed by atoms with E-state index in [1.54, 1.807) is 37.8 Å². The van der Waals surface area contributed by atoms with Crippen molar-refractivity contribution in [1.29, 1.82) is 0 Å². The summed E-state index contributed by atoms with van der Waals surface area (Å²) >= 11 is 0. The van der Waals surface area contributed by atoms with E-state index < -0.39 is 0 Å². The molecule has 2 N–H and O–H groups in total. The number of methoxy groups -OCH3 is 1. The number of nitrogens with one attached hydrogen (secondary N) is 2. The van der Waals surface area contributed by atoms with Crippen molar-refractivity contribution in [3.05, 3.63) is 78.0 Å². The number of rotatable bonds is 7. The van der Waals surface area contributed by atoms with E-state index in [4.69, 9.17) is 9.15 Å². The molecule has 0 unspecified atom stereocenters. The zero-order chi connectivity index (χ0) is 17.5. The van der Waals surface area contributed by atoms with Crippen LogP contribution in [0, 0.1) is 0 Å². The van der Waals surface area contributed by atoms with Gasteiger partial charge in [-0.2, -0.15) is 0 Å². The van der Waals surface area contributed by atoms with Gasteiger partial charge in [0.1, 0.15) is 17.2 Å². The summed E-state index contributed by atoms with van der Waals surface area (Å²) in [7, 11) is 1.65. The molecule has 0 radical (unpaired) electrons. The Bertz CT molecular complexity index is 831. The second-order valence-electron chi connectivity index (χ2n) is 5.36. The second-order valence-corrected chi connectivity index (χ2v) is 5.36. The fraction of sp³-hybridized carbons (Fsp3) is 0.158. The minimum atomic E-state index is -0.252. The standard InChI is InChI=1S/C19H19N3O3/c1-24-18-7-3-2-5-14(18)12-21-15-8-9-20-17(11-15)19(23)22-13-16-6-4-10-25-16/h2-11H,12-13H2,1H3,(H,20,21)(H,22,23). The van der Waals surface area contributed by atoms with E-state index in [1.807, 2.05) is 30.3 Å². The van der Waals surface area contributed by atoms with Gasteiger partial charge >= 0.3 is 0 Å². The van der Waals surface area contributed by atoms with Gasteiger partial charge in [0.2, 0.25) is 0 Å². The van der Waals surface area contributed by atoms with Crippen molar-refractivity contribution >= 4 is 11.6 Å². The molecule has 1 aromatic carbocycles. The smallest absolute Gasteiger partial charge is 0.270 e. The van der Waals surface area contributed by atoms with Crippen LogP contribution in [0.3, 0.4) is 0 Å². The van der Waals surface area contributed by atoms with Crippen molar-refractivity contribution in [3.8, 4) is 5.75 Å². The maximum atomic E-state index is 12.2. The summed E-state index contributed by atoms with van der Waals surface area (Å²) in [5.74, 6) is 1.26. The molecule has 3 rings (SSSR count). The number of aromatic nitrogens is 1. The topological polar surface area (TPSA) is 76.4 Å². The van der Waals surface area contributed by atoms with Gasteiger partial charge in [0.25, 0.3) is 5.91 Å². The lowest BCUT2D eigenvalue weighted by Gasteiger charge is -2.11. The normalized spacial score (nSPS) is 10.3. The van der Waals surface area contributed by atoms with Gasteiger partial charge in [-0.1, -0.05) is 18.2 Å². The Balaban J connectivity index is 1.61. The van der Waals surface area contributed by atoms with E-state index in [9.17, 15) is 4.79 Å². The number of benzene rings is 1. The molecule has 25 heavy (non-hydrogen) atoms. The third kappa shape index (κ3) is 4.38. The molecule has 0 aliphatic rings. The Morgan fingerprint density at radius 3 is 2.84 bits per heavy atom. The Kier molecular flexibility index (Phi) is 5.31. The van der Waals surface area contributed by atoms with Crippen LogP contribution in [-0.2, 0) is 13.1 Å². The number of nitrogens with zero attached hydrogens (tertiary/aromatic N) is 1. The van der Waals surface area contributed by atoms with Gasteiger partial charge in [-0.3, -0.25) is 9.78 Å². The summed E-state index contributed by atoms with van der Waals surface area (Å²) in [4.78, 5) is 16.3. The molecule has 2 heterocycles. The van der Waals surface area contributed by atoms with Crippen LogP contribution >= 0.6 is 0 Å². The predicted molar refractivity (Wildman–Crippen MR) is 94.4 cm³/mol. The molecular formula is C19H19N3O3. The van der Waals surface area contributed by atoms with E-state index in [2.05, 4.69) is 15.6 Å². The fourth-order valence-electron chi connectivity index (χ4n) is 2.38. The molecule has 0 fully saturated rings. The number of para-hydroxylation sites is 1. The second kappa shape index (κ2) is 8.01. The lowest BCUT2D eigenvalue weighted by molar-refractivity contribution is 0.0943. The van der Waals surface area contributed by atoms with Gasteiger partial charge in [0.05, 0.1) is 19.9 Å². The largest absolute Gasteiger partial charge is 0.496 e. The minimum absolute atomic E-state index is 0.252. The molecule has 6 nitrogen and oxygen atoms in total. The third-order valence-electron chi connectivity index (χ3n) is 3.67. The number of carbonyl (C=O) groups excluding carboxylic acids is 1. The number of ether oxygens (including phenoxy) is 1. The van der Waals surface area contributed by atoms with Gasteiger partial charge in [-0.15, -0.1) is 0 Å². The predicted octanol–water partition coefficient (Wildman–Crippen LogP) is 3.23. The molecule has 0 atom stereocenters. The fourth-order valence-corrected chi connectivity index (χ4v) is 2.38. The number of hydrogen-bond acceptors (Lipinski definition) is 5. The zero-order valence-corrected chi connectivity index (χ0v) is 13.9. The number of carbonyl (C=O) groups is 1. The van der Waals surface area contributed by atoms with Crippen molar-refractivity contribution < 1.29 is 13.9 Å². The highest BCUT2D eigenvalue weighted by Crippen LogP contribution is 2.19. The lowest BCUT2D eigenvalue weighted by atomic mass is 10.2. The summed E-state index contributed by atoms with van der Waals surface area (Å²) < 4.78 is 10.5. The molecule has 0 bridgehead atoms. The van der Waals surface area contributed by atoms with Crippen molar-refractivity contribution in [2.45, 2.75) is 13.1 Å². The molecular weight excluding hydrogens is 318 g/mol. The molecule has 128 valence electrons. The average Bonchev–Trinajstić information content (AvgIpc) is 3.18. The first kappa shape index (κ1) is 16.6. The van der Waals surface area contributed by atoms with Gasteiger partial charge < -0.3 is 19.8 Å². The summed E-state index contributed by atoms with van der Waals surface area (Å²) in [6.45, 7) is 0.911. The van der Waals surface area contributed by atoms with Gasteiger partial charge in [-0.05, 0) is 30.3 Å². The highest BCUT2D eigenvalue weighted by Gasteiger charge is 2.09. The third-order valence-corrected chi connectivity index (χ3v) is 3.67. The van der Waals surface area contributed by atoms with Crippen molar-refractivity contribution in [1.82, 2.24) is 10.3 Å². The summed E-state index contributed by atoms with van der Waals surface area (Å²) in [6, 6.07) is 14.9. The monoisotopic (exact) mass is 337 g/mol. The first-order chi connectivity index (χ1) is 12.3. The number of amides is 1. The molecule has 0 saturated heterocycles. The van der Waals surface area contributed by atoms with Crippen LogP contribution in [0.4, 0.5) is 5.69 Å². The Labute approximate surface area is 145 Å². The molecule has 6 heteroatoms. The Morgan fingerprint density at radius 2 is 2.04 bits per heavy atom. The van der Waals surface area contributed by atoms with E-state index in [-0.39, 0.29) is 5.91 Å². The van der Waals surface area contributed by atoms with E-state index in [0.717, 1.165) is 17.0 Å². The van der Waals surface area contributed by atoms with Crippen LogP contribution < -0.4 is 15.4 Å². The SMILES string of the molecule is COc1ccccc1CNc1ccnc(C(=O)NCc2ccco2)c1. The van der Waals surface area contributed by atoms with E-state index in [0.29, 0.717) is 24.5 Å². The highest BCUT2D eigenvalue weighted by atomic mass is 16.5. The summed E-state index contributed by atoms with van der Waals surface area (Å²) in [5, 5.41) is 6.06. The maximum absolute atomic E-state index is 12.2. The molecule has 2 aromatic heterocycles. The molecule has 0 aliphatic heterocycles. The van der Waals surface area contributed by atoms with Crippen LogP contribution in [0.15, 0.2) is 65.4 Å². The van der Waals surface area contributed by atoms with E-state index in [1.165, 1.54) is 0 Å². The number of anilines is 1. The Hall–Kier alpha value is -3.28. The molecule has 0 saturated carbocycles. The first-order valence-corrected chi connectivity index (χ1v) is 7.88. The van der Waals surface area contributed by atoms with Crippen LogP contribution in [0.2, 0.25) is 0 Å².